The quantitative estimate of drug-likeness (QED) is 0.807. The third-order valence-electron chi connectivity index (χ3n) is 4.21. The van der Waals surface area contributed by atoms with E-state index in [1.54, 1.807) is 0 Å². The molecule has 0 radical (unpaired) electrons. The number of rotatable bonds is 4. The van der Waals surface area contributed by atoms with Crippen molar-refractivity contribution in [3.05, 3.63) is 35.7 Å². The molecule has 0 bridgehead atoms. The van der Waals surface area contributed by atoms with Crippen molar-refractivity contribution in [2.45, 2.75) is 26.3 Å². The van der Waals surface area contributed by atoms with Crippen molar-refractivity contribution in [3.8, 4) is 11.5 Å². The molecule has 23 heavy (non-hydrogen) atoms. The Bertz CT molecular complexity index is 675. The summed E-state index contributed by atoms with van der Waals surface area (Å²) < 4.78 is 10.6. The minimum atomic E-state index is -0.107. The van der Waals surface area contributed by atoms with E-state index in [0.717, 1.165) is 37.1 Å². The van der Waals surface area contributed by atoms with Gasteiger partial charge in [-0.05, 0) is 45.0 Å². The SMILES string of the molecule is COC(=O)C1CCN(Cc2nnc(-c3cccc(C)c3)o2)CC1. The first-order valence-electron chi connectivity index (χ1n) is 7.85. The summed E-state index contributed by atoms with van der Waals surface area (Å²) in [5.41, 5.74) is 2.10. The Balaban J connectivity index is 1.59. The zero-order valence-corrected chi connectivity index (χ0v) is 13.5. The molecule has 1 saturated heterocycles. The smallest absolute Gasteiger partial charge is 0.308 e. The molecule has 0 amide bonds. The number of benzene rings is 1. The molecule has 6 nitrogen and oxygen atoms in total. The number of methoxy groups -OCH3 is 1. The van der Waals surface area contributed by atoms with E-state index in [2.05, 4.69) is 15.1 Å². The number of carbonyl (C=O) groups excluding carboxylic acids is 1. The monoisotopic (exact) mass is 315 g/mol. The van der Waals surface area contributed by atoms with Crippen molar-refractivity contribution in [3.63, 3.8) is 0 Å². The van der Waals surface area contributed by atoms with Crippen LogP contribution in [0, 0.1) is 12.8 Å². The van der Waals surface area contributed by atoms with Gasteiger partial charge in [0.05, 0.1) is 19.6 Å². The normalized spacial score (nSPS) is 16.4. The highest BCUT2D eigenvalue weighted by molar-refractivity contribution is 5.72. The number of hydrogen-bond acceptors (Lipinski definition) is 6. The largest absolute Gasteiger partial charge is 0.469 e. The van der Waals surface area contributed by atoms with Crippen molar-refractivity contribution < 1.29 is 13.9 Å². The molecule has 2 aromatic rings. The maximum atomic E-state index is 11.5. The van der Waals surface area contributed by atoms with Gasteiger partial charge < -0.3 is 9.15 Å². The van der Waals surface area contributed by atoms with Crippen LogP contribution < -0.4 is 0 Å². The Labute approximate surface area is 135 Å². The molecule has 122 valence electrons. The van der Waals surface area contributed by atoms with E-state index in [-0.39, 0.29) is 11.9 Å². The molecule has 1 aromatic heterocycles. The van der Waals surface area contributed by atoms with E-state index >= 15 is 0 Å². The molecule has 1 aromatic carbocycles. The molecule has 0 saturated carbocycles. The van der Waals surface area contributed by atoms with E-state index in [4.69, 9.17) is 9.15 Å². The molecule has 2 heterocycles. The average Bonchev–Trinajstić information content (AvgIpc) is 3.03. The molecule has 6 heteroatoms. The van der Waals surface area contributed by atoms with Gasteiger partial charge in [0.15, 0.2) is 0 Å². The Kier molecular flexibility index (Phi) is 4.71. The molecular formula is C17H21N3O3. The van der Waals surface area contributed by atoms with Gasteiger partial charge in [-0.3, -0.25) is 9.69 Å². The van der Waals surface area contributed by atoms with Gasteiger partial charge in [-0.2, -0.15) is 0 Å². The summed E-state index contributed by atoms with van der Waals surface area (Å²) in [5.74, 6) is 1.07. The molecule has 0 atom stereocenters. The van der Waals surface area contributed by atoms with Crippen LogP contribution in [0.4, 0.5) is 0 Å². The summed E-state index contributed by atoms with van der Waals surface area (Å²) in [7, 11) is 1.44. The average molecular weight is 315 g/mol. The maximum Gasteiger partial charge on any atom is 0.308 e. The van der Waals surface area contributed by atoms with Gasteiger partial charge in [-0.25, -0.2) is 0 Å². The van der Waals surface area contributed by atoms with E-state index in [1.807, 2.05) is 31.2 Å². The molecule has 0 spiro atoms. The van der Waals surface area contributed by atoms with Gasteiger partial charge in [-0.15, -0.1) is 10.2 Å². The highest BCUT2D eigenvalue weighted by Crippen LogP contribution is 2.22. The van der Waals surface area contributed by atoms with Crippen molar-refractivity contribution >= 4 is 5.97 Å². The van der Waals surface area contributed by atoms with E-state index in [9.17, 15) is 4.79 Å². The highest BCUT2D eigenvalue weighted by Gasteiger charge is 2.26. The lowest BCUT2D eigenvalue weighted by Gasteiger charge is -2.29. The lowest BCUT2D eigenvalue weighted by Crippen LogP contribution is -2.36. The molecule has 0 aliphatic carbocycles. The predicted octanol–water partition coefficient (Wildman–Crippen LogP) is 2.43. The fourth-order valence-corrected chi connectivity index (χ4v) is 2.90. The van der Waals surface area contributed by atoms with Crippen molar-refractivity contribution in [2.75, 3.05) is 20.2 Å². The zero-order valence-electron chi connectivity index (χ0n) is 13.5. The van der Waals surface area contributed by atoms with Crippen molar-refractivity contribution in [1.82, 2.24) is 15.1 Å². The first-order chi connectivity index (χ1) is 11.2. The second kappa shape index (κ2) is 6.91. The first-order valence-corrected chi connectivity index (χ1v) is 7.85. The minimum absolute atomic E-state index is 0.0155. The van der Waals surface area contributed by atoms with Gasteiger partial charge >= 0.3 is 5.97 Å². The minimum Gasteiger partial charge on any atom is -0.469 e. The number of nitrogens with zero attached hydrogens (tertiary/aromatic N) is 3. The number of aromatic nitrogens is 2. The molecule has 0 unspecified atom stereocenters. The highest BCUT2D eigenvalue weighted by atomic mass is 16.5. The van der Waals surface area contributed by atoms with Crippen LogP contribution >= 0.6 is 0 Å². The second-order valence-electron chi connectivity index (χ2n) is 5.94. The lowest BCUT2D eigenvalue weighted by molar-refractivity contribution is -0.147. The van der Waals surface area contributed by atoms with Gasteiger partial charge in [0.25, 0.3) is 0 Å². The Morgan fingerprint density at radius 2 is 2.13 bits per heavy atom. The molecule has 3 rings (SSSR count). The standard InChI is InChI=1S/C17H21N3O3/c1-12-4-3-5-14(10-12)16-19-18-15(23-16)11-20-8-6-13(7-9-20)17(21)22-2/h3-5,10,13H,6-9,11H2,1-2H3. The Morgan fingerprint density at radius 3 is 2.83 bits per heavy atom. The van der Waals surface area contributed by atoms with E-state index in [1.165, 1.54) is 7.11 Å². The molecule has 1 aliphatic rings. The van der Waals surface area contributed by atoms with Gasteiger partial charge in [0, 0.05) is 5.56 Å². The summed E-state index contributed by atoms with van der Waals surface area (Å²) in [6.07, 6.45) is 1.62. The lowest BCUT2D eigenvalue weighted by atomic mass is 9.97. The fourth-order valence-electron chi connectivity index (χ4n) is 2.90. The van der Waals surface area contributed by atoms with Crippen LogP contribution in [0.15, 0.2) is 28.7 Å². The molecule has 1 fully saturated rings. The van der Waals surface area contributed by atoms with Crippen LogP contribution in [0.25, 0.3) is 11.5 Å². The number of hydrogen-bond donors (Lipinski definition) is 0. The van der Waals surface area contributed by atoms with Crippen LogP contribution in [0.1, 0.15) is 24.3 Å². The van der Waals surface area contributed by atoms with Crippen LogP contribution in [0.5, 0.6) is 0 Å². The van der Waals surface area contributed by atoms with Gasteiger partial charge in [-0.1, -0.05) is 17.7 Å². The molecule has 1 aliphatic heterocycles. The Morgan fingerprint density at radius 1 is 1.35 bits per heavy atom. The summed E-state index contributed by atoms with van der Waals surface area (Å²) in [6.45, 7) is 4.32. The number of piperidine rings is 1. The summed E-state index contributed by atoms with van der Waals surface area (Å²) in [5, 5.41) is 8.27. The van der Waals surface area contributed by atoms with Gasteiger partial charge in [0.2, 0.25) is 11.8 Å². The topological polar surface area (TPSA) is 68.5 Å². The van der Waals surface area contributed by atoms with Gasteiger partial charge in [0.1, 0.15) is 0 Å². The number of aryl methyl sites for hydroxylation is 1. The van der Waals surface area contributed by atoms with E-state index in [0.29, 0.717) is 18.3 Å². The first kappa shape index (κ1) is 15.7. The Hall–Kier alpha value is -2.21. The van der Waals surface area contributed by atoms with E-state index < -0.39 is 0 Å². The number of carbonyl (C=O) groups is 1. The maximum absolute atomic E-state index is 11.5. The molecule has 0 N–H and O–H groups in total. The van der Waals surface area contributed by atoms with Crippen LogP contribution in [-0.2, 0) is 16.1 Å². The third kappa shape index (κ3) is 3.76. The summed E-state index contributed by atoms with van der Waals surface area (Å²) >= 11 is 0. The summed E-state index contributed by atoms with van der Waals surface area (Å²) in [6, 6.07) is 8.00. The van der Waals surface area contributed by atoms with Crippen molar-refractivity contribution in [2.24, 2.45) is 5.92 Å². The number of esters is 1. The second-order valence-corrected chi connectivity index (χ2v) is 5.94. The van der Waals surface area contributed by atoms with Crippen molar-refractivity contribution in [1.29, 1.82) is 0 Å². The third-order valence-corrected chi connectivity index (χ3v) is 4.21. The van der Waals surface area contributed by atoms with Crippen LogP contribution in [-0.4, -0.2) is 41.3 Å². The summed E-state index contributed by atoms with van der Waals surface area (Å²) in [4.78, 5) is 13.8. The fraction of sp³-hybridized carbons (Fsp3) is 0.471. The van der Waals surface area contributed by atoms with Crippen LogP contribution in [0.3, 0.4) is 0 Å². The predicted molar refractivity (Wildman–Crippen MR) is 84.5 cm³/mol. The molecular weight excluding hydrogens is 294 g/mol. The number of likely N-dealkylation sites (tertiary alicyclic amines) is 1. The zero-order chi connectivity index (χ0) is 16.2. The van der Waals surface area contributed by atoms with Crippen LogP contribution in [0.2, 0.25) is 0 Å². The number of ether oxygens (including phenoxy) is 1.